The molecule has 0 saturated carbocycles. The van der Waals surface area contributed by atoms with E-state index in [0.717, 1.165) is 22.3 Å². The van der Waals surface area contributed by atoms with Crippen molar-refractivity contribution in [1.82, 2.24) is 0 Å². The van der Waals surface area contributed by atoms with Crippen LogP contribution in [-0.2, 0) is 11.2 Å². The highest BCUT2D eigenvalue weighted by molar-refractivity contribution is 5.70. The molecule has 1 N–H and O–H groups in total. The molecule has 0 spiro atoms. The average Bonchev–Trinajstić information content (AvgIpc) is 2.66. The summed E-state index contributed by atoms with van der Waals surface area (Å²) in [6, 6.07) is 11.2. The van der Waals surface area contributed by atoms with Crippen LogP contribution in [0, 0.1) is 12.7 Å². The van der Waals surface area contributed by atoms with Crippen molar-refractivity contribution < 1.29 is 27.8 Å². The van der Waals surface area contributed by atoms with Crippen LogP contribution >= 0.6 is 0 Å². The molecule has 0 atom stereocenters. The lowest BCUT2D eigenvalue weighted by atomic mass is 9.85. The van der Waals surface area contributed by atoms with Crippen molar-refractivity contribution in [3.05, 3.63) is 70.5 Å². The fourth-order valence-electron chi connectivity index (χ4n) is 3.57. The number of ether oxygens (including phenoxy) is 1. The Hall–Kier alpha value is -2.76. The van der Waals surface area contributed by atoms with Gasteiger partial charge in [-0.3, -0.25) is 4.79 Å². The molecule has 1 aliphatic rings. The molecule has 154 valence electrons. The maximum absolute atomic E-state index is 14.0. The van der Waals surface area contributed by atoms with Gasteiger partial charge in [0.2, 0.25) is 0 Å². The number of carbonyl (C=O) groups is 1. The number of carboxylic acid groups (broad SMARTS) is 1. The van der Waals surface area contributed by atoms with Gasteiger partial charge in [0, 0.05) is 19.3 Å². The molecular formula is C23H23F3O3. The van der Waals surface area contributed by atoms with Crippen molar-refractivity contribution in [3.8, 4) is 5.75 Å². The number of benzene rings is 2. The van der Waals surface area contributed by atoms with E-state index in [1.807, 2.05) is 13.0 Å². The minimum Gasteiger partial charge on any atom is -0.489 e. The Morgan fingerprint density at radius 2 is 1.90 bits per heavy atom. The standard InChI is InChI=1S/C23H23F3O3/c1-15-12-16(3-9-22(27)28)2-8-21(15)29-14-18-13-23(25,26)11-10-20(18)17-4-6-19(24)7-5-17/h2,4-8,12H,3,9-11,13-14H2,1H3,(H,27,28). The van der Waals surface area contributed by atoms with E-state index >= 15 is 0 Å². The van der Waals surface area contributed by atoms with Crippen LogP contribution in [0.4, 0.5) is 13.2 Å². The highest BCUT2D eigenvalue weighted by Crippen LogP contribution is 2.41. The number of alkyl halides is 2. The average molecular weight is 404 g/mol. The van der Waals surface area contributed by atoms with Gasteiger partial charge in [0.15, 0.2) is 0 Å². The smallest absolute Gasteiger partial charge is 0.303 e. The van der Waals surface area contributed by atoms with Gasteiger partial charge in [-0.1, -0.05) is 24.3 Å². The fraction of sp³-hybridized carbons (Fsp3) is 0.348. The lowest BCUT2D eigenvalue weighted by molar-refractivity contribution is -0.136. The highest BCUT2D eigenvalue weighted by Gasteiger charge is 2.35. The zero-order valence-corrected chi connectivity index (χ0v) is 16.2. The van der Waals surface area contributed by atoms with Gasteiger partial charge >= 0.3 is 5.97 Å². The normalized spacial score (nSPS) is 16.0. The summed E-state index contributed by atoms with van der Waals surface area (Å²) >= 11 is 0. The predicted octanol–water partition coefficient (Wildman–Crippen LogP) is 5.80. The summed E-state index contributed by atoms with van der Waals surface area (Å²) in [5.41, 5.74) is 3.74. The zero-order valence-electron chi connectivity index (χ0n) is 16.2. The number of aryl methyl sites for hydroxylation is 2. The molecule has 2 aromatic carbocycles. The molecule has 0 saturated heterocycles. The molecule has 0 aliphatic heterocycles. The number of carboxylic acids is 1. The Morgan fingerprint density at radius 3 is 2.55 bits per heavy atom. The van der Waals surface area contributed by atoms with Gasteiger partial charge in [0.1, 0.15) is 18.2 Å². The van der Waals surface area contributed by atoms with Gasteiger partial charge in [-0.25, -0.2) is 13.2 Å². The lowest BCUT2D eigenvalue weighted by Crippen LogP contribution is -2.24. The van der Waals surface area contributed by atoms with Crippen molar-refractivity contribution in [2.45, 2.75) is 45.0 Å². The number of halogens is 3. The van der Waals surface area contributed by atoms with Crippen LogP contribution in [0.25, 0.3) is 5.57 Å². The van der Waals surface area contributed by atoms with Crippen molar-refractivity contribution >= 4 is 11.5 Å². The molecule has 29 heavy (non-hydrogen) atoms. The number of allylic oxidation sites excluding steroid dienone is 1. The predicted molar refractivity (Wildman–Crippen MR) is 105 cm³/mol. The van der Waals surface area contributed by atoms with Crippen LogP contribution < -0.4 is 4.74 Å². The van der Waals surface area contributed by atoms with Gasteiger partial charge in [-0.15, -0.1) is 0 Å². The van der Waals surface area contributed by atoms with E-state index in [1.54, 1.807) is 24.3 Å². The Kier molecular flexibility index (Phi) is 6.30. The number of rotatable bonds is 7. The Bertz CT molecular complexity index is 917. The first-order chi connectivity index (χ1) is 13.7. The molecule has 0 fully saturated rings. The fourth-order valence-corrected chi connectivity index (χ4v) is 3.57. The third-order valence-corrected chi connectivity index (χ3v) is 5.10. The van der Waals surface area contributed by atoms with E-state index in [4.69, 9.17) is 9.84 Å². The number of aliphatic carboxylic acids is 1. The molecule has 0 bridgehead atoms. The van der Waals surface area contributed by atoms with Crippen LogP contribution in [0.2, 0.25) is 0 Å². The van der Waals surface area contributed by atoms with Gasteiger partial charge < -0.3 is 9.84 Å². The molecule has 0 radical (unpaired) electrons. The molecule has 2 aromatic rings. The van der Waals surface area contributed by atoms with E-state index in [1.165, 1.54) is 12.1 Å². The Morgan fingerprint density at radius 1 is 1.17 bits per heavy atom. The molecule has 6 heteroatoms. The zero-order chi connectivity index (χ0) is 21.0. The van der Waals surface area contributed by atoms with Crippen LogP contribution in [0.3, 0.4) is 0 Å². The van der Waals surface area contributed by atoms with E-state index in [9.17, 15) is 18.0 Å². The third-order valence-electron chi connectivity index (χ3n) is 5.10. The Labute approximate surface area is 167 Å². The topological polar surface area (TPSA) is 46.5 Å². The molecule has 0 aromatic heterocycles. The molecule has 0 amide bonds. The van der Waals surface area contributed by atoms with Crippen LogP contribution in [-0.4, -0.2) is 23.6 Å². The van der Waals surface area contributed by atoms with Gasteiger partial charge in [-0.05, 0) is 65.8 Å². The molecule has 0 unspecified atom stereocenters. The molecule has 3 nitrogen and oxygen atoms in total. The number of hydrogen-bond acceptors (Lipinski definition) is 2. The maximum atomic E-state index is 14.0. The van der Waals surface area contributed by atoms with Crippen LogP contribution in [0.5, 0.6) is 5.75 Å². The second kappa shape index (κ2) is 8.72. The molecule has 1 aliphatic carbocycles. The van der Waals surface area contributed by atoms with Gasteiger partial charge in [0.25, 0.3) is 5.92 Å². The summed E-state index contributed by atoms with van der Waals surface area (Å²) in [4.78, 5) is 10.7. The monoisotopic (exact) mass is 404 g/mol. The third kappa shape index (κ3) is 5.62. The van der Waals surface area contributed by atoms with Crippen molar-refractivity contribution in [2.75, 3.05) is 6.61 Å². The summed E-state index contributed by atoms with van der Waals surface area (Å²) in [5.74, 6) is -3.44. The van der Waals surface area contributed by atoms with E-state index in [-0.39, 0.29) is 38.1 Å². The number of hydrogen-bond donors (Lipinski definition) is 1. The maximum Gasteiger partial charge on any atom is 0.303 e. The van der Waals surface area contributed by atoms with Crippen LogP contribution in [0.1, 0.15) is 42.4 Å². The van der Waals surface area contributed by atoms with Crippen molar-refractivity contribution in [1.29, 1.82) is 0 Å². The summed E-state index contributed by atoms with van der Waals surface area (Å²) in [7, 11) is 0. The van der Waals surface area contributed by atoms with E-state index < -0.39 is 11.9 Å². The highest BCUT2D eigenvalue weighted by atomic mass is 19.3. The second-order valence-electron chi connectivity index (χ2n) is 7.40. The van der Waals surface area contributed by atoms with E-state index in [2.05, 4.69) is 0 Å². The lowest BCUT2D eigenvalue weighted by Gasteiger charge is -2.28. The van der Waals surface area contributed by atoms with Crippen molar-refractivity contribution in [2.24, 2.45) is 0 Å². The van der Waals surface area contributed by atoms with E-state index in [0.29, 0.717) is 17.7 Å². The van der Waals surface area contributed by atoms with Crippen LogP contribution in [0.15, 0.2) is 48.0 Å². The summed E-state index contributed by atoms with van der Waals surface area (Å²) in [6.07, 6.45) is 0.0611. The first-order valence-electron chi connectivity index (χ1n) is 9.52. The Balaban J connectivity index is 1.78. The summed E-state index contributed by atoms with van der Waals surface area (Å²) in [5, 5.41) is 8.79. The van der Waals surface area contributed by atoms with Crippen molar-refractivity contribution in [3.63, 3.8) is 0 Å². The molecule has 0 heterocycles. The molecular weight excluding hydrogens is 381 g/mol. The first kappa shape index (κ1) is 21.0. The first-order valence-corrected chi connectivity index (χ1v) is 9.52. The second-order valence-corrected chi connectivity index (χ2v) is 7.40. The molecule has 3 rings (SSSR count). The van der Waals surface area contributed by atoms with Gasteiger partial charge in [-0.2, -0.15) is 0 Å². The quantitative estimate of drug-likeness (QED) is 0.634. The summed E-state index contributed by atoms with van der Waals surface area (Å²) < 4.78 is 47.1. The summed E-state index contributed by atoms with van der Waals surface area (Å²) in [6.45, 7) is 1.86. The largest absolute Gasteiger partial charge is 0.489 e. The minimum atomic E-state index is -2.78. The SMILES string of the molecule is Cc1cc(CCC(=O)O)ccc1OCC1=C(c2ccc(F)cc2)CCC(F)(F)C1. The minimum absolute atomic E-state index is 0.0254. The van der Waals surface area contributed by atoms with Gasteiger partial charge in [0.05, 0.1) is 0 Å².